The van der Waals surface area contributed by atoms with Gasteiger partial charge in [-0.1, -0.05) is 73.5 Å². The van der Waals surface area contributed by atoms with E-state index in [9.17, 15) is 5.11 Å². The van der Waals surface area contributed by atoms with Crippen LogP contribution in [-0.4, -0.2) is 11.1 Å². The third kappa shape index (κ3) is 3.02. The Hall–Kier alpha value is -1.64. The van der Waals surface area contributed by atoms with Crippen molar-refractivity contribution in [1.82, 2.24) is 0 Å². The monoisotopic (exact) mass is 283 g/mol. The Morgan fingerprint density at radius 3 is 1.43 bits per heavy atom. The van der Waals surface area contributed by atoms with Gasteiger partial charge in [-0.3, -0.25) is 0 Å². The molecule has 0 heterocycles. The normalized spacial score (nSPS) is 13.5. The maximum atomic E-state index is 11.4. The zero-order chi connectivity index (χ0) is 15.6. The van der Waals surface area contributed by atoms with Gasteiger partial charge in [0.05, 0.1) is 0 Å². The van der Waals surface area contributed by atoms with Crippen LogP contribution < -0.4 is 5.73 Å². The van der Waals surface area contributed by atoms with Crippen LogP contribution in [0.15, 0.2) is 48.5 Å². The molecule has 112 valence electrons. The van der Waals surface area contributed by atoms with Crippen LogP contribution in [0.5, 0.6) is 0 Å². The van der Waals surface area contributed by atoms with Crippen LogP contribution in [-0.2, 0) is 5.60 Å². The van der Waals surface area contributed by atoms with Crippen LogP contribution in [0.2, 0.25) is 0 Å². The summed E-state index contributed by atoms with van der Waals surface area (Å²) in [6.45, 7) is 8.16. The largest absolute Gasteiger partial charge is 0.379 e. The number of nitrogens with two attached hydrogens (primary N) is 1. The molecule has 0 radical (unpaired) electrons. The summed E-state index contributed by atoms with van der Waals surface area (Å²) in [5.41, 5.74) is 9.24. The summed E-state index contributed by atoms with van der Waals surface area (Å²) in [5, 5.41) is 11.4. The standard InChI is InChI=1S/C19H25NO/c1-13(2)18(20)19(21,16-9-5-14(3)6-10-16)17-11-7-15(4)8-12-17/h5-13,18,21H,20H2,1-4H3. The van der Waals surface area contributed by atoms with Crippen molar-refractivity contribution in [2.24, 2.45) is 11.7 Å². The van der Waals surface area contributed by atoms with Gasteiger partial charge in [-0.25, -0.2) is 0 Å². The summed E-state index contributed by atoms with van der Waals surface area (Å²) in [4.78, 5) is 0. The molecular weight excluding hydrogens is 258 g/mol. The Balaban J connectivity index is 2.58. The fourth-order valence-corrected chi connectivity index (χ4v) is 2.65. The molecular formula is C19H25NO. The lowest BCUT2D eigenvalue weighted by Gasteiger charge is -2.37. The minimum absolute atomic E-state index is 0.164. The average molecular weight is 283 g/mol. The van der Waals surface area contributed by atoms with Crippen molar-refractivity contribution >= 4 is 0 Å². The van der Waals surface area contributed by atoms with Gasteiger partial charge < -0.3 is 10.8 Å². The lowest BCUT2D eigenvalue weighted by molar-refractivity contribution is 0.0353. The second kappa shape index (κ2) is 6.00. The van der Waals surface area contributed by atoms with E-state index in [2.05, 4.69) is 0 Å². The first-order valence-electron chi connectivity index (χ1n) is 7.48. The quantitative estimate of drug-likeness (QED) is 0.902. The third-order valence-corrected chi connectivity index (χ3v) is 4.18. The molecule has 2 heteroatoms. The maximum Gasteiger partial charge on any atom is 0.130 e. The highest BCUT2D eigenvalue weighted by Gasteiger charge is 2.39. The molecule has 0 bridgehead atoms. The molecule has 0 aliphatic carbocycles. The molecule has 0 saturated carbocycles. The Morgan fingerprint density at radius 2 is 1.14 bits per heavy atom. The van der Waals surface area contributed by atoms with Gasteiger partial charge in [-0.15, -0.1) is 0 Å². The fraction of sp³-hybridized carbons (Fsp3) is 0.368. The Labute approximate surface area is 127 Å². The predicted octanol–water partition coefficient (Wildman–Crippen LogP) is 3.52. The number of hydrogen-bond acceptors (Lipinski definition) is 2. The van der Waals surface area contributed by atoms with Crippen LogP contribution in [0.25, 0.3) is 0 Å². The van der Waals surface area contributed by atoms with Crippen molar-refractivity contribution in [2.75, 3.05) is 0 Å². The molecule has 0 aliphatic rings. The summed E-state index contributed by atoms with van der Waals surface area (Å²) in [6, 6.07) is 15.6. The number of aryl methyl sites for hydroxylation is 2. The lowest BCUT2D eigenvalue weighted by atomic mass is 9.76. The van der Waals surface area contributed by atoms with Crippen molar-refractivity contribution in [3.63, 3.8) is 0 Å². The van der Waals surface area contributed by atoms with Crippen LogP contribution in [0, 0.1) is 19.8 Å². The van der Waals surface area contributed by atoms with E-state index in [4.69, 9.17) is 5.73 Å². The van der Waals surface area contributed by atoms with Gasteiger partial charge in [-0.2, -0.15) is 0 Å². The summed E-state index contributed by atoms with van der Waals surface area (Å²) in [5.74, 6) is 0.164. The van der Waals surface area contributed by atoms with Crippen LogP contribution in [0.3, 0.4) is 0 Å². The predicted molar refractivity (Wildman–Crippen MR) is 88.2 cm³/mol. The van der Waals surface area contributed by atoms with E-state index >= 15 is 0 Å². The summed E-state index contributed by atoms with van der Waals surface area (Å²) < 4.78 is 0. The number of benzene rings is 2. The van der Waals surface area contributed by atoms with Gasteiger partial charge in [0.25, 0.3) is 0 Å². The molecule has 2 nitrogen and oxygen atoms in total. The van der Waals surface area contributed by atoms with E-state index in [1.54, 1.807) is 0 Å². The highest BCUT2D eigenvalue weighted by Crippen LogP contribution is 2.35. The molecule has 0 amide bonds. The topological polar surface area (TPSA) is 46.2 Å². The van der Waals surface area contributed by atoms with Gasteiger partial charge in [0.15, 0.2) is 0 Å². The fourth-order valence-electron chi connectivity index (χ4n) is 2.65. The van der Waals surface area contributed by atoms with Gasteiger partial charge in [0, 0.05) is 6.04 Å². The smallest absolute Gasteiger partial charge is 0.130 e. The molecule has 21 heavy (non-hydrogen) atoms. The second-order valence-electron chi connectivity index (χ2n) is 6.27. The van der Waals surface area contributed by atoms with Crippen molar-refractivity contribution in [3.8, 4) is 0 Å². The molecule has 0 spiro atoms. The maximum absolute atomic E-state index is 11.4. The minimum Gasteiger partial charge on any atom is -0.379 e. The van der Waals surface area contributed by atoms with E-state index in [0.29, 0.717) is 0 Å². The highest BCUT2D eigenvalue weighted by molar-refractivity contribution is 5.40. The Kier molecular flexibility index (Phi) is 4.50. The molecule has 0 fully saturated rings. The van der Waals surface area contributed by atoms with E-state index in [0.717, 1.165) is 11.1 Å². The van der Waals surface area contributed by atoms with Crippen molar-refractivity contribution in [3.05, 3.63) is 70.8 Å². The van der Waals surface area contributed by atoms with Crippen molar-refractivity contribution in [2.45, 2.75) is 39.3 Å². The molecule has 2 rings (SSSR count). The molecule has 1 unspecified atom stereocenters. The molecule has 3 N–H and O–H groups in total. The summed E-state index contributed by atoms with van der Waals surface area (Å²) in [7, 11) is 0. The SMILES string of the molecule is Cc1ccc(C(O)(c2ccc(C)cc2)C(N)C(C)C)cc1. The summed E-state index contributed by atoms with van der Waals surface area (Å²) >= 11 is 0. The van der Waals surface area contributed by atoms with E-state index in [-0.39, 0.29) is 12.0 Å². The van der Waals surface area contributed by atoms with Crippen LogP contribution in [0.4, 0.5) is 0 Å². The highest BCUT2D eigenvalue weighted by atomic mass is 16.3. The molecule has 1 atom stereocenters. The Morgan fingerprint density at radius 1 is 0.810 bits per heavy atom. The molecule has 2 aromatic carbocycles. The number of aliphatic hydroxyl groups is 1. The second-order valence-corrected chi connectivity index (χ2v) is 6.27. The molecule has 0 saturated heterocycles. The van der Waals surface area contributed by atoms with Gasteiger partial charge in [0.2, 0.25) is 0 Å². The van der Waals surface area contributed by atoms with Crippen LogP contribution in [0.1, 0.15) is 36.1 Å². The van der Waals surface area contributed by atoms with Crippen molar-refractivity contribution < 1.29 is 5.11 Å². The van der Waals surface area contributed by atoms with Crippen LogP contribution >= 0.6 is 0 Å². The first kappa shape index (κ1) is 15.7. The number of hydrogen-bond donors (Lipinski definition) is 2. The number of rotatable bonds is 4. The van der Waals surface area contributed by atoms with E-state index in [1.807, 2.05) is 76.2 Å². The molecule has 2 aromatic rings. The Bertz CT molecular complexity index is 538. The first-order valence-corrected chi connectivity index (χ1v) is 7.48. The van der Waals surface area contributed by atoms with Gasteiger partial charge >= 0.3 is 0 Å². The summed E-state index contributed by atoms with van der Waals surface area (Å²) in [6.07, 6.45) is 0. The van der Waals surface area contributed by atoms with E-state index < -0.39 is 5.60 Å². The minimum atomic E-state index is -1.17. The zero-order valence-electron chi connectivity index (χ0n) is 13.3. The van der Waals surface area contributed by atoms with Crippen molar-refractivity contribution in [1.29, 1.82) is 0 Å². The third-order valence-electron chi connectivity index (χ3n) is 4.18. The molecule has 0 aromatic heterocycles. The van der Waals surface area contributed by atoms with Gasteiger partial charge in [-0.05, 0) is 30.9 Å². The average Bonchev–Trinajstić information content (AvgIpc) is 2.47. The molecule has 0 aliphatic heterocycles. The zero-order valence-corrected chi connectivity index (χ0v) is 13.3. The van der Waals surface area contributed by atoms with Gasteiger partial charge in [0.1, 0.15) is 5.60 Å². The van der Waals surface area contributed by atoms with E-state index in [1.165, 1.54) is 11.1 Å². The first-order chi connectivity index (χ1) is 9.85. The lowest BCUT2D eigenvalue weighted by Crippen LogP contribution is -2.49.